The lowest BCUT2D eigenvalue weighted by atomic mass is 10.1. The molecule has 0 amide bonds. The van der Waals surface area contributed by atoms with Crippen LogP contribution < -0.4 is 10.5 Å². The van der Waals surface area contributed by atoms with Gasteiger partial charge in [0.1, 0.15) is 5.75 Å². The van der Waals surface area contributed by atoms with Crippen molar-refractivity contribution in [3.8, 4) is 5.75 Å². The van der Waals surface area contributed by atoms with Gasteiger partial charge in [0.2, 0.25) is 0 Å². The third kappa shape index (κ3) is 4.22. The minimum absolute atomic E-state index is 0.0764. The first-order valence-corrected chi connectivity index (χ1v) is 7.38. The molecule has 1 aromatic carbocycles. The molecule has 0 heterocycles. The number of hydrogen-bond acceptors (Lipinski definition) is 3. The summed E-state index contributed by atoms with van der Waals surface area (Å²) < 4.78 is 5.27. The number of rotatable bonds is 8. The van der Waals surface area contributed by atoms with E-state index in [-0.39, 0.29) is 6.04 Å². The smallest absolute Gasteiger partial charge is 0.119 e. The Balaban J connectivity index is 1.95. The Morgan fingerprint density at radius 1 is 1.42 bits per heavy atom. The maximum atomic E-state index is 6.36. The molecule has 1 fully saturated rings. The molecule has 1 unspecified atom stereocenters. The van der Waals surface area contributed by atoms with Crippen LogP contribution in [0.15, 0.2) is 24.3 Å². The number of nitrogens with zero attached hydrogens (tertiary/aromatic N) is 1. The standard InChI is InChI=1S/C16H26N2O/c1-3-4-10-18(14-8-9-14)12-16(17)13-6-5-7-15(11-13)19-2/h5-7,11,14,16H,3-4,8-10,12,17H2,1-2H3. The molecule has 0 aromatic heterocycles. The number of hydrogen-bond donors (Lipinski definition) is 1. The fourth-order valence-corrected chi connectivity index (χ4v) is 2.45. The van der Waals surface area contributed by atoms with E-state index < -0.39 is 0 Å². The van der Waals surface area contributed by atoms with Crippen molar-refractivity contribution in [1.29, 1.82) is 0 Å². The van der Waals surface area contributed by atoms with Gasteiger partial charge in [0.15, 0.2) is 0 Å². The first-order valence-electron chi connectivity index (χ1n) is 7.38. The molecule has 3 heteroatoms. The third-order valence-electron chi connectivity index (χ3n) is 3.82. The quantitative estimate of drug-likeness (QED) is 0.783. The molecule has 106 valence electrons. The van der Waals surface area contributed by atoms with Gasteiger partial charge in [-0.1, -0.05) is 25.5 Å². The van der Waals surface area contributed by atoms with Crippen molar-refractivity contribution in [1.82, 2.24) is 4.90 Å². The lowest BCUT2D eigenvalue weighted by molar-refractivity contribution is 0.243. The largest absolute Gasteiger partial charge is 0.497 e. The van der Waals surface area contributed by atoms with Crippen LogP contribution in [0.25, 0.3) is 0 Å². The second-order valence-corrected chi connectivity index (χ2v) is 5.46. The number of methoxy groups -OCH3 is 1. The van der Waals surface area contributed by atoms with Crippen molar-refractivity contribution in [2.45, 2.75) is 44.7 Å². The van der Waals surface area contributed by atoms with Crippen molar-refractivity contribution in [3.63, 3.8) is 0 Å². The predicted molar refractivity (Wildman–Crippen MR) is 79.4 cm³/mol. The van der Waals surface area contributed by atoms with Crippen LogP contribution >= 0.6 is 0 Å². The van der Waals surface area contributed by atoms with Crippen LogP contribution in [0, 0.1) is 0 Å². The van der Waals surface area contributed by atoms with Gasteiger partial charge in [0.25, 0.3) is 0 Å². The van der Waals surface area contributed by atoms with Crippen molar-refractivity contribution < 1.29 is 4.74 Å². The van der Waals surface area contributed by atoms with Crippen LogP contribution in [-0.4, -0.2) is 31.1 Å². The van der Waals surface area contributed by atoms with E-state index in [0.717, 1.165) is 18.3 Å². The summed E-state index contributed by atoms with van der Waals surface area (Å²) in [4.78, 5) is 2.56. The van der Waals surface area contributed by atoms with Crippen molar-refractivity contribution in [2.75, 3.05) is 20.2 Å². The zero-order valence-corrected chi connectivity index (χ0v) is 12.1. The molecule has 0 aliphatic heterocycles. The molecule has 2 rings (SSSR count). The van der Waals surface area contributed by atoms with Crippen LogP contribution in [0.4, 0.5) is 0 Å². The van der Waals surface area contributed by atoms with E-state index in [1.807, 2.05) is 12.1 Å². The minimum atomic E-state index is 0.0764. The second-order valence-electron chi connectivity index (χ2n) is 5.46. The lowest BCUT2D eigenvalue weighted by Gasteiger charge is -2.25. The normalized spacial score (nSPS) is 16.6. The van der Waals surface area contributed by atoms with Crippen molar-refractivity contribution >= 4 is 0 Å². The SMILES string of the molecule is CCCCN(CC(N)c1cccc(OC)c1)C1CC1. The van der Waals surface area contributed by atoms with Crippen LogP contribution in [0.2, 0.25) is 0 Å². The van der Waals surface area contributed by atoms with E-state index in [4.69, 9.17) is 10.5 Å². The van der Waals surface area contributed by atoms with E-state index in [2.05, 4.69) is 24.0 Å². The molecule has 1 aromatic rings. The fraction of sp³-hybridized carbons (Fsp3) is 0.625. The number of unbranched alkanes of at least 4 members (excludes halogenated alkanes) is 1. The lowest BCUT2D eigenvalue weighted by Crippen LogP contribution is -2.34. The zero-order valence-electron chi connectivity index (χ0n) is 12.1. The molecular formula is C16H26N2O. The monoisotopic (exact) mass is 262 g/mol. The molecule has 0 radical (unpaired) electrons. The van der Waals surface area contributed by atoms with Gasteiger partial charge in [-0.25, -0.2) is 0 Å². The van der Waals surface area contributed by atoms with Gasteiger partial charge >= 0.3 is 0 Å². The van der Waals surface area contributed by atoms with E-state index in [9.17, 15) is 0 Å². The van der Waals surface area contributed by atoms with E-state index in [1.54, 1.807) is 7.11 Å². The summed E-state index contributed by atoms with van der Waals surface area (Å²) in [6.45, 7) is 4.38. The third-order valence-corrected chi connectivity index (χ3v) is 3.82. The molecular weight excluding hydrogens is 236 g/mol. The highest BCUT2D eigenvalue weighted by molar-refractivity contribution is 5.30. The van der Waals surface area contributed by atoms with Crippen LogP contribution in [0.3, 0.4) is 0 Å². The summed E-state index contributed by atoms with van der Waals surface area (Å²) in [5.74, 6) is 0.888. The Labute approximate surface area is 116 Å². The molecule has 0 bridgehead atoms. The fourth-order valence-electron chi connectivity index (χ4n) is 2.45. The molecule has 0 saturated heterocycles. The summed E-state index contributed by atoms with van der Waals surface area (Å²) >= 11 is 0. The highest BCUT2D eigenvalue weighted by atomic mass is 16.5. The first-order chi connectivity index (χ1) is 9.24. The Bertz CT molecular complexity index is 390. The summed E-state index contributed by atoms with van der Waals surface area (Å²) in [6, 6.07) is 8.98. The zero-order chi connectivity index (χ0) is 13.7. The highest BCUT2D eigenvalue weighted by Crippen LogP contribution is 2.29. The average molecular weight is 262 g/mol. The van der Waals surface area contributed by atoms with Gasteiger partial charge in [-0.05, 0) is 43.5 Å². The molecule has 1 saturated carbocycles. The van der Waals surface area contributed by atoms with Gasteiger partial charge in [-0.2, -0.15) is 0 Å². The Hall–Kier alpha value is -1.06. The van der Waals surface area contributed by atoms with Crippen LogP contribution in [-0.2, 0) is 0 Å². The predicted octanol–water partition coefficient (Wildman–Crippen LogP) is 2.96. The Kier molecular flexibility index (Phi) is 5.23. The van der Waals surface area contributed by atoms with Crippen LogP contribution in [0.1, 0.15) is 44.2 Å². The van der Waals surface area contributed by atoms with Crippen LogP contribution in [0.5, 0.6) is 5.75 Å². The van der Waals surface area contributed by atoms with Gasteiger partial charge < -0.3 is 10.5 Å². The number of ether oxygens (including phenoxy) is 1. The van der Waals surface area contributed by atoms with Gasteiger partial charge in [-0.3, -0.25) is 4.90 Å². The first kappa shape index (κ1) is 14.4. The van der Waals surface area contributed by atoms with Crippen molar-refractivity contribution in [3.05, 3.63) is 29.8 Å². The molecule has 0 spiro atoms. The minimum Gasteiger partial charge on any atom is -0.497 e. The summed E-state index contributed by atoms with van der Waals surface area (Å²) in [6.07, 6.45) is 5.20. The Morgan fingerprint density at radius 2 is 2.21 bits per heavy atom. The summed E-state index contributed by atoms with van der Waals surface area (Å²) in [5, 5.41) is 0. The van der Waals surface area contributed by atoms with Crippen molar-refractivity contribution in [2.24, 2.45) is 5.73 Å². The maximum absolute atomic E-state index is 6.36. The van der Waals surface area contributed by atoms with E-state index >= 15 is 0 Å². The van der Waals surface area contributed by atoms with Gasteiger partial charge in [-0.15, -0.1) is 0 Å². The maximum Gasteiger partial charge on any atom is 0.119 e. The summed E-state index contributed by atoms with van der Waals surface area (Å²) in [5.41, 5.74) is 7.53. The van der Waals surface area contributed by atoms with E-state index in [0.29, 0.717) is 0 Å². The number of benzene rings is 1. The highest BCUT2D eigenvalue weighted by Gasteiger charge is 2.29. The van der Waals surface area contributed by atoms with Gasteiger partial charge in [0.05, 0.1) is 7.11 Å². The van der Waals surface area contributed by atoms with Gasteiger partial charge in [0, 0.05) is 18.6 Å². The second kappa shape index (κ2) is 6.92. The molecule has 3 nitrogen and oxygen atoms in total. The molecule has 2 N–H and O–H groups in total. The van der Waals surface area contributed by atoms with E-state index in [1.165, 1.54) is 37.8 Å². The molecule has 1 aliphatic carbocycles. The average Bonchev–Trinajstić information content (AvgIpc) is 3.27. The topological polar surface area (TPSA) is 38.5 Å². The molecule has 1 aliphatic rings. The summed E-state index contributed by atoms with van der Waals surface area (Å²) in [7, 11) is 1.70. The molecule has 1 atom stereocenters. The number of nitrogens with two attached hydrogens (primary N) is 1. The molecule has 19 heavy (non-hydrogen) atoms. The Morgan fingerprint density at radius 3 is 2.84 bits per heavy atom.